The molecule has 2 N–H and O–H groups in total. The lowest BCUT2D eigenvalue weighted by molar-refractivity contribution is -0.120. The van der Waals surface area contributed by atoms with E-state index in [0.29, 0.717) is 19.4 Å². The molecule has 0 atom stereocenters. The molecule has 0 spiro atoms. The van der Waals surface area contributed by atoms with Crippen molar-refractivity contribution in [2.24, 2.45) is 0 Å². The van der Waals surface area contributed by atoms with E-state index in [0.717, 1.165) is 37.0 Å². The molecule has 0 bridgehead atoms. The summed E-state index contributed by atoms with van der Waals surface area (Å²) in [6.07, 6.45) is 6.14. The quantitative estimate of drug-likeness (QED) is 0.846. The van der Waals surface area contributed by atoms with Gasteiger partial charge in [0.2, 0.25) is 5.91 Å². The highest BCUT2D eigenvalue weighted by Crippen LogP contribution is 2.30. The molecule has 1 aromatic carbocycles. The number of carbonyl (C=O) groups excluding carboxylic acids is 1. The van der Waals surface area contributed by atoms with E-state index in [4.69, 9.17) is 4.74 Å². The van der Waals surface area contributed by atoms with Crippen molar-refractivity contribution in [3.63, 3.8) is 0 Å². The summed E-state index contributed by atoms with van der Waals surface area (Å²) in [5.74, 6) is 0.790. The summed E-state index contributed by atoms with van der Waals surface area (Å²) in [5, 5.41) is 13.3. The second kappa shape index (κ2) is 7.46. The minimum atomic E-state index is -0.564. The van der Waals surface area contributed by atoms with E-state index in [1.165, 1.54) is 6.42 Å². The van der Waals surface area contributed by atoms with Gasteiger partial charge in [-0.05, 0) is 37.0 Å². The Morgan fingerprint density at radius 2 is 1.90 bits per heavy atom. The van der Waals surface area contributed by atoms with Crippen molar-refractivity contribution < 1.29 is 14.6 Å². The fourth-order valence-corrected chi connectivity index (χ4v) is 2.89. The fourth-order valence-electron chi connectivity index (χ4n) is 2.89. The number of rotatable bonds is 6. The molecule has 1 aromatic rings. The van der Waals surface area contributed by atoms with Crippen molar-refractivity contribution in [3.8, 4) is 5.75 Å². The number of hydrogen-bond acceptors (Lipinski definition) is 3. The highest BCUT2D eigenvalue weighted by molar-refractivity contribution is 5.78. The predicted octanol–water partition coefficient (Wildman–Crippen LogP) is 2.44. The van der Waals surface area contributed by atoms with Gasteiger partial charge in [0.15, 0.2) is 0 Å². The number of aliphatic hydroxyl groups is 1. The van der Waals surface area contributed by atoms with Crippen LogP contribution >= 0.6 is 0 Å². The van der Waals surface area contributed by atoms with Gasteiger partial charge in [0.1, 0.15) is 5.75 Å². The Morgan fingerprint density at radius 1 is 1.24 bits per heavy atom. The van der Waals surface area contributed by atoms with Crippen LogP contribution in [0.5, 0.6) is 5.75 Å². The van der Waals surface area contributed by atoms with Crippen LogP contribution in [0.1, 0.15) is 44.1 Å². The lowest BCUT2D eigenvalue weighted by atomic mass is 9.82. The van der Waals surface area contributed by atoms with E-state index < -0.39 is 5.60 Å². The van der Waals surface area contributed by atoms with Gasteiger partial charge in [-0.25, -0.2) is 0 Å². The summed E-state index contributed by atoms with van der Waals surface area (Å²) in [4.78, 5) is 11.9. The number of hydrogen-bond donors (Lipinski definition) is 2. The molecular formula is C17H25NO3. The number of nitrogens with one attached hydrogen (secondary N) is 1. The highest BCUT2D eigenvalue weighted by atomic mass is 16.5. The Kier molecular flexibility index (Phi) is 5.62. The smallest absolute Gasteiger partial charge is 0.224 e. The molecule has 0 radical (unpaired) electrons. The van der Waals surface area contributed by atoms with Crippen LogP contribution in [-0.4, -0.2) is 30.3 Å². The first kappa shape index (κ1) is 15.8. The van der Waals surface area contributed by atoms with Crippen molar-refractivity contribution in [2.75, 3.05) is 13.7 Å². The van der Waals surface area contributed by atoms with Gasteiger partial charge in [0, 0.05) is 6.54 Å². The SMILES string of the molecule is COc1ccc(CC(=O)NCCC2(O)CCCCC2)cc1. The molecule has 1 aliphatic carbocycles. The van der Waals surface area contributed by atoms with Crippen LogP contribution in [-0.2, 0) is 11.2 Å². The molecule has 4 nitrogen and oxygen atoms in total. The number of benzene rings is 1. The lowest BCUT2D eigenvalue weighted by Gasteiger charge is -2.32. The third-order valence-electron chi connectivity index (χ3n) is 4.22. The van der Waals surface area contributed by atoms with Crippen LogP contribution in [0.2, 0.25) is 0 Å². The topological polar surface area (TPSA) is 58.6 Å². The van der Waals surface area contributed by atoms with Crippen LogP contribution in [0.15, 0.2) is 24.3 Å². The number of carbonyl (C=O) groups is 1. The standard InChI is InChI=1S/C17H25NO3/c1-21-15-7-5-14(6-8-15)13-16(19)18-12-11-17(20)9-3-2-4-10-17/h5-8,20H,2-4,9-13H2,1H3,(H,18,19). The zero-order chi connectivity index (χ0) is 15.1. The first-order valence-corrected chi connectivity index (χ1v) is 7.73. The van der Waals surface area contributed by atoms with E-state index in [2.05, 4.69) is 5.32 Å². The Hall–Kier alpha value is -1.55. The Bertz CT molecular complexity index is 450. The molecule has 21 heavy (non-hydrogen) atoms. The fraction of sp³-hybridized carbons (Fsp3) is 0.588. The molecule has 1 aliphatic rings. The van der Waals surface area contributed by atoms with Crippen LogP contribution in [0.4, 0.5) is 0 Å². The number of amides is 1. The van der Waals surface area contributed by atoms with E-state index in [-0.39, 0.29) is 5.91 Å². The average Bonchev–Trinajstić information content (AvgIpc) is 2.48. The molecule has 2 rings (SSSR count). The lowest BCUT2D eigenvalue weighted by Crippen LogP contribution is -2.37. The zero-order valence-electron chi connectivity index (χ0n) is 12.7. The molecule has 0 unspecified atom stereocenters. The molecule has 0 aliphatic heterocycles. The maximum absolute atomic E-state index is 11.9. The molecule has 0 heterocycles. The number of methoxy groups -OCH3 is 1. The first-order chi connectivity index (χ1) is 10.1. The normalized spacial score (nSPS) is 17.2. The maximum Gasteiger partial charge on any atom is 0.224 e. The Morgan fingerprint density at radius 3 is 2.52 bits per heavy atom. The Balaban J connectivity index is 1.71. The van der Waals surface area contributed by atoms with E-state index in [1.54, 1.807) is 7.11 Å². The molecule has 1 fully saturated rings. The van der Waals surface area contributed by atoms with Crippen molar-refractivity contribution >= 4 is 5.91 Å². The number of ether oxygens (including phenoxy) is 1. The van der Waals surface area contributed by atoms with Gasteiger partial charge in [0.05, 0.1) is 19.1 Å². The summed E-state index contributed by atoms with van der Waals surface area (Å²) >= 11 is 0. The largest absolute Gasteiger partial charge is 0.497 e. The van der Waals surface area contributed by atoms with E-state index in [9.17, 15) is 9.90 Å². The van der Waals surface area contributed by atoms with Gasteiger partial charge < -0.3 is 15.2 Å². The van der Waals surface area contributed by atoms with Gasteiger partial charge >= 0.3 is 0 Å². The average molecular weight is 291 g/mol. The molecular weight excluding hydrogens is 266 g/mol. The second-order valence-corrected chi connectivity index (χ2v) is 5.91. The molecule has 4 heteroatoms. The molecule has 0 saturated heterocycles. The summed E-state index contributed by atoms with van der Waals surface area (Å²) in [6, 6.07) is 7.50. The van der Waals surface area contributed by atoms with Crippen LogP contribution in [0.3, 0.4) is 0 Å². The Labute approximate surface area is 126 Å². The second-order valence-electron chi connectivity index (χ2n) is 5.91. The van der Waals surface area contributed by atoms with Crippen molar-refractivity contribution in [3.05, 3.63) is 29.8 Å². The minimum absolute atomic E-state index is 0.000392. The third-order valence-corrected chi connectivity index (χ3v) is 4.22. The molecule has 1 saturated carbocycles. The summed E-state index contributed by atoms with van der Waals surface area (Å²) in [6.45, 7) is 0.547. The highest BCUT2D eigenvalue weighted by Gasteiger charge is 2.28. The van der Waals surface area contributed by atoms with Crippen molar-refractivity contribution in [1.82, 2.24) is 5.32 Å². The van der Waals surface area contributed by atoms with Crippen LogP contribution in [0.25, 0.3) is 0 Å². The zero-order valence-corrected chi connectivity index (χ0v) is 12.7. The first-order valence-electron chi connectivity index (χ1n) is 7.73. The van der Waals surface area contributed by atoms with Crippen LogP contribution < -0.4 is 10.1 Å². The van der Waals surface area contributed by atoms with Gasteiger partial charge in [-0.2, -0.15) is 0 Å². The summed E-state index contributed by atoms with van der Waals surface area (Å²) in [7, 11) is 1.62. The van der Waals surface area contributed by atoms with Crippen molar-refractivity contribution in [2.45, 2.75) is 50.5 Å². The van der Waals surface area contributed by atoms with E-state index in [1.807, 2.05) is 24.3 Å². The van der Waals surface area contributed by atoms with Gasteiger partial charge in [-0.1, -0.05) is 31.4 Å². The minimum Gasteiger partial charge on any atom is -0.497 e. The van der Waals surface area contributed by atoms with Crippen molar-refractivity contribution in [1.29, 1.82) is 0 Å². The molecule has 116 valence electrons. The van der Waals surface area contributed by atoms with E-state index >= 15 is 0 Å². The van der Waals surface area contributed by atoms with Gasteiger partial charge in [0.25, 0.3) is 0 Å². The maximum atomic E-state index is 11.9. The van der Waals surface area contributed by atoms with Gasteiger partial charge in [-0.15, -0.1) is 0 Å². The summed E-state index contributed by atoms with van der Waals surface area (Å²) < 4.78 is 5.09. The third kappa shape index (κ3) is 5.05. The molecule has 1 amide bonds. The summed E-state index contributed by atoms with van der Waals surface area (Å²) in [5.41, 5.74) is 0.399. The van der Waals surface area contributed by atoms with Gasteiger partial charge in [-0.3, -0.25) is 4.79 Å². The predicted molar refractivity (Wildman–Crippen MR) is 82.4 cm³/mol. The monoisotopic (exact) mass is 291 g/mol. The van der Waals surface area contributed by atoms with Crippen LogP contribution in [0, 0.1) is 0 Å². The molecule has 0 aromatic heterocycles.